The zero-order valence-corrected chi connectivity index (χ0v) is 15.1. The standard InChI is InChI=1S/C19H19N3O3S/c1-2-25-19(23)18-17(14-7-8-20-10-16(14)26-18)21-12-4-5-13-11(9-12)3-6-15(13)22-24/h4-5,7-10,15,21-22,24H,2-3,6H2,1H3. The first kappa shape index (κ1) is 17.0. The average Bonchev–Trinajstić information content (AvgIpc) is 3.23. The van der Waals surface area contributed by atoms with Gasteiger partial charge >= 0.3 is 5.97 Å². The molecule has 0 spiro atoms. The van der Waals surface area contributed by atoms with Gasteiger partial charge in [0.25, 0.3) is 0 Å². The number of pyridine rings is 1. The topological polar surface area (TPSA) is 83.5 Å². The number of thiophene rings is 1. The minimum absolute atomic E-state index is 0.0119. The highest BCUT2D eigenvalue weighted by Crippen LogP contribution is 2.39. The van der Waals surface area contributed by atoms with Crippen LogP contribution < -0.4 is 10.8 Å². The lowest BCUT2D eigenvalue weighted by Crippen LogP contribution is -2.13. The number of hydroxylamine groups is 1. The number of esters is 1. The highest BCUT2D eigenvalue weighted by atomic mass is 32.1. The number of benzene rings is 1. The van der Waals surface area contributed by atoms with Gasteiger partial charge in [0.1, 0.15) is 4.88 Å². The van der Waals surface area contributed by atoms with E-state index in [2.05, 4.69) is 21.8 Å². The molecule has 1 aromatic carbocycles. The molecule has 0 aliphatic heterocycles. The Hall–Kier alpha value is -2.48. The number of nitrogens with one attached hydrogen (secondary N) is 2. The predicted octanol–water partition coefficient (Wildman–Crippen LogP) is 4.18. The Morgan fingerprint density at radius 3 is 3.12 bits per heavy atom. The predicted molar refractivity (Wildman–Crippen MR) is 101 cm³/mol. The number of hydrogen-bond acceptors (Lipinski definition) is 7. The number of carbonyl (C=O) groups is 1. The minimum atomic E-state index is -0.332. The number of hydrogen-bond donors (Lipinski definition) is 3. The molecule has 0 saturated heterocycles. The van der Waals surface area contributed by atoms with Crippen molar-refractivity contribution in [1.29, 1.82) is 0 Å². The van der Waals surface area contributed by atoms with Crippen LogP contribution in [0.3, 0.4) is 0 Å². The van der Waals surface area contributed by atoms with Crippen molar-refractivity contribution < 1.29 is 14.7 Å². The number of anilines is 2. The summed E-state index contributed by atoms with van der Waals surface area (Å²) in [4.78, 5) is 17.1. The first-order chi connectivity index (χ1) is 12.7. The van der Waals surface area contributed by atoms with Gasteiger partial charge in [-0.25, -0.2) is 4.79 Å². The summed E-state index contributed by atoms with van der Waals surface area (Å²) in [6, 6.07) is 7.94. The molecule has 0 radical (unpaired) electrons. The van der Waals surface area contributed by atoms with Gasteiger partial charge in [0, 0.05) is 23.5 Å². The van der Waals surface area contributed by atoms with Crippen molar-refractivity contribution in [2.24, 2.45) is 0 Å². The molecule has 2 heterocycles. The molecular weight excluding hydrogens is 350 g/mol. The molecule has 0 fully saturated rings. The summed E-state index contributed by atoms with van der Waals surface area (Å²) >= 11 is 1.38. The fraction of sp³-hybridized carbons (Fsp3) is 0.263. The molecule has 6 nitrogen and oxygen atoms in total. The van der Waals surface area contributed by atoms with Gasteiger partial charge in [-0.05, 0) is 49.1 Å². The van der Waals surface area contributed by atoms with Crippen LogP contribution >= 0.6 is 11.3 Å². The maximum absolute atomic E-state index is 12.4. The normalized spacial score (nSPS) is 15.8. The van der Waals surface area contributed by atoms with Crippen molar-refractivity contribution in [1.82, 2.24) is 10.5 Å². The van der Waals surface area contributed by atoms with Crippen LogP contribution in [-0.4, -0.2) is 22.8 Å². The van der Waals surface area contributed by atoms with Crippen LogP contribution in [0.5, 0.6) is 0 Å². The van der Waals surface area contributed by atoms with Gasteiger partial charge in [-0.2, -0.15) is 5.48 Å². The van der Waals surface area contributed by atoms with Crippen molar-refractivity contribution in [2.45, 2.75) is 25.8 Å². The molecule has 1 aliphatic rings. The second-order valence-corrected chi connectivity index (χ2v) is 7.21. The Labute approximate surface area is 154 Å². The maximum Gasteiger partial charge on any atom is 0.350 e. The average molecular weight is 369 g/mol. The summed E-state index contributed by atoms with van der Waals surface area (Å²) in [5.74, 6) is -0.332. The largest absolute Gasteiger partial charge is 0.462 e. The van der Waals surface area contributed by atoms with Gasteiger partial charge in [-0.1, -0.05) is 6.07 Å². The van der Waals surface area contributed by atoms with E-state index in [1.807, 2.05) is 18.2 Å². The maximum atomic E-state index is 12.4. The second-order valence-electron chi connectivity index (χ2n) is 6.16. The van der Waals surface area contributed by atoms with E-state index in [-0.39, 0.29) is 12.0 Å². The highest BCUT2D eigenvalue weighted by Gasteiger charge is 2.23. The quantitative estimate of drug-likeness (QED) is 0.462. The van der Waals surface area contributed by atoms with E-state index in [4.69, 9.17) is 4.74 Å². The molecule has 0 bridgehead atoms. The summed E-state index contributed by atoms with van der Waals surface area (Å²) < 4.78 is 6.15. The number of aryl methyl sites for hydroxylation is 1. The summed E-state index contributed by atoms with van der Waals surface area (Å²) in [6.45, 7) is 2.13. The van der Waals surface area contributed by atoms with Gasteiger partial charge < -0.3 is 15.3 Å². The van der Waals surface area contributed by atoms with Crippen molar-refractivity contribution >= 4 is 38.8 Å². The Kier molecular flexibility index (Phi) is 4.58. The van der Waals surface area contributed by atoms with Crippen LogP contribution in [0, 0.1) is 0 Å². The van der Waals surface area contributed by atoms with Crippen LogP contribution in [-0.2, 0) is 11.2 Å². The molecule has 0 saturated carbocycles. The van der Waals surface area contributed by atoms with Gasteiger partial charge in [0.05, 0.1) is 23.0 Å². The van der Waals surface area contributed by atoms with Gasteiger partial charge in [0.15, 0.2) is 0 Å². The second kappa shape index (κ2) is 7.03. The van der Waals surface area contributed by atoms with Crippen molar-refractivity contribution in [3.63, 3.8) is 0 Å². The highest BCUT2D eigenvalue weighted by molar-refractivity contribution is 7.21. The van der Waals surface area contributed by atoms with E-state index in [9.17, 15) is 10.0 Å². The molecule has 3 N–H and O–H groups in total. The lowest BCUT2D eigenvalue weighted by atomic mass is 10.1. The van der Waals surface area contributed by atoms with Gasteiger partial charge in [-0.3, -0.25) is 4.98 Å². The number of rotatable bonds is 5. The lowest BCUT2D eigenvalue weighted by molar-refractivity contribution is 0.0533. The van der Waals surface area contributed by atoms with E-state index in [1.165, 1.54) is 16.9 Å². The third-order valence-corrected chi connectivity index (χ3v) is 5.72. The monoisotopic (exact) mass is 369 g/mol. The Morgan fingerprint density at radius 2 is 2.31 bits per heavy atom. The van der Waals surface area contributed by atoms with Crippen LogP contribution in [0.4, 0.5) is 11.4 Å². The molecule has 7 heteroatoms. The van der Waals surface area contributed by atoms with Crippen LogP contribution in [0.25, 0.3) is 10.1 Å². The third kappa shape index (κ3) is 2.94. The SMILES string of the molecule is CCOC(=O)c1sc2cnccc2c1Nc1ccc2c(c1)CCC2NO. The Morgan fingerprint density at radius 1 is 1.42 bits per heavy atom. The molecule has 1 atom stereocenters. The third-order valence-electron chi connectivity index (χ3n) is 4.60. The fourth-order valence-corrected chi connectivity index (χ4v) is 4.41. The molecule has 134 valence electrons. The number of ether oxygens (including phenoxy) is 1. The zero-order valence-electron chi connectivity index (χ0n) is 14.3. The lowest BCUT2D eigenvalue weighted by Gasteiger charge is -2.12. The molecule has 2 aromatic heterocycles. The van der Waals surface area contributed by atoms with Crippen molar-refractivity contribution in [3.8, 4) is 0 Å². The fourth-order valence-electron chi connectivity index (χ4n) is 3.39. The minimum Gasteiger partial charge on any atom is -0.462 e. The number of fused-ring (bicyclic) bond motifs is 2. The summed E-state index contributed by atoms with van der Waals surface area (Å²) in [6.07, 6.45) is 5.25. The molecule has 3 aromatic rings. The number of nitrogens with zero attached hydrogens (tertiary/aromatic N) is 1. The Balaban J connectivity index is 1.73. The molecular formula is C19H19N3O3S. The van der Waals surface area contributed by atoms with Gasteiger partial charge in [-0.15, -0.1) is 11.3 Å². The number of carbonyl (C=O) groups excluding carboxylic acids is 1. The summed E-state index contributed by atoms with van der Waals surface area (Å²) in [5, 5.41) is 13.6. The van der Waals surface area contributed by atoms with E-state index in [0.717, 1.165) is 39.9 Å². The van der Waals surface area contributed by atoms with E-state index in [1.54, 1.807) is 19.3 Å². The van der Waals surface area contributed by atoms with E-state index in [0.29, 0.717) is 11.5 Å². The van der Waals surface area contributed by atoms with Gasteiger partial charge in [0.2, 0.25) is 0 Å². The zero-order chi connectivity index (χ0) is 18.1. The van der Waals surface area contributed by atoms with E-state index >= 15 is 0 Å². The van der Waals surface area contributed by atoms with Crippen LogP contribution in [0.15, 0.2) is 36.7 Å². The first-order valence-electron chi connectivity index (χ1n) is 8.54. The van der Waals surface area contributed by atoms with Crippen molar-refractivity contribution in [2.75, 3.05) is 11.9 Å². The molecule has 1 unspecified atom stereocenters. The smallest absolute Gasteiger partial charge is 0.350 e. The van der Waals surface area contributed by atoms with Crippen LogP contribution in [0.2, 0.25) is 0 Å². The summed E-state index contributed by atoms with van der Waals surface area (Å²) in [5.41, 5.74) is 6.33. The molecule has 4 rings (SSSR count). The molecule has 26 heavy (non-hydrogen) atoms. The number of aromatic nitrogens is 1. The Bertz CT molecular complexity index is 970. The summed E-state index contributed by atoms with van der Waals surface area (Å²) in [7, 11) is 0. The molecule has 1 aliphatic carbocycles. The molecule has 0 amide bonds. The first-order valence-corrected chi connectivity index (χ1v) is 9.36. The van der Waals surface area contributed by atoms with E-state index < -0.39 is 0 Å². The van der Waals surface area contributed by atoms with Crippen LogP contribution in [0.1, 0.15) is 40.2 Å². The van der Waals surface area contributed by atoms with Crippen molar-refractivity contribution in [3.05, 3.63) is 52.7 Å².